The predicted octanol–water partition coefficient (Wildman–Crippen LogP) is 4.24. The van der Waals surface area contributed by atoms with Gasteiger partial charge in [-0.3, -0.25) is 14.5 Å². The van der Waals surface area contributed by atoms with E-state index in [1.807, 2.05) is 54.3 Å². The molecule has 2 aromatic rings. The Morgan fingerprint density at radius 1 is 1.11 bits per heavy atom. The van der Waals surface area contributed by atoms with Crippen molar-refractivity contribution in [2.24, 2.45) is 5.92 Å². The monoisotopic (exact) mass is 477 g/mol. The number of carbonyl (C=O) groups is 3. The highest BCUT2D eigenvalue weighted by molar-refractivity contribution is 5.92. The lowest BCUT2D eigenvalue weighted by molar-refractivity contribution is -0.151. The van der Waals surface area contributed by atoms with Gasteiger partial charge in [-0.15, -0.1) is 6.58 Å². The lowest BCUT2D eigenvalue weighted by Crippen LogP contribution is -2.41. The maximum atomic E-state index is 12.8. The number of nitrogens with zero attached hydrogens (tertiary/aromatic N) is 2. The molecule has 0 unspecified atom stereocenters. The number of aryl methyl sites for hydroxylation is 1. The highest BCUT2D eigenvalue weighted by atomic mass is 16.5. The maximum absolute atomic E-state index is 12.8. The summed E-state index contributed by atoms with van der Waals surface area (Å²) in [4.78, 5) is 41.1. The largest absolute Gasteiger partial charge is 0.466 e. The predicted molar refractivity (Wildman–Crippen MR) is 137 cm³/mol. The number of hydrogen-bond acceptors (Lipinski definition) is 4. The zero-order valence-electron chi connectivity index (χ0n) is 20.7. The van der Waals surface area contributed by atoms with Crippen LogP contribution in [0.5, 0.6) is 0 Å². The minimum Gasteiger partial charge on any atom is -0.466 e. The molecule has 35 heavy (non-hydrogen) atoms. The van der Waals surface area contributed by atoms with Gasteiger partial charge in [-0.2, -0.15) is 0 Å². The average Bonchev–Trinajstić information content (AvgIpc) is 2.86. The molecule has 3 rings (SSSR count). The average molecular weight is 478 g/mol. The second kappa shape index (κ2) is 12.7. The van der Waals surface area contributed by atoms with Crippen LogP contribution in [0.2, 0.25) is 0 Å². The van der Waals surface area contributed by atoms with Gasteiger partial charge in [0.15, 0.2) is 0 Å². The Labute approximate surface area is 207 Å². The number of ether oxygens (including phenoxy) is 1. The molecule has 0 atom stereocenters. The van der Waals surface area contributed by atoms with Gasteiger partial charge in [-0.25, -0.2) is 4.79 Å². The first kappa shape index (κ1) is 26.0. The van der Waals surface area contributed by atoms with Crippen molar-refractivity contribution >= 4 is 23.6 Å². The van der Waals surface area contributed by atoms with Gasteiger partial charge in [0, 0.05) is 25.3 Å². The molecule has 0 saturated carbocycles. The number of anilines is 1. The summed E-state index contributed by atoms with van der Waals surface area (Å²) in [5.74, 6) is -0.243. The van der Waals surface area contributed by atoms with Crippen LogP contribution in [0.15, 0.2) is 61.2 Å². The van der Waals surface area contributed by atoms with E-state index in [2.05, 4.69) is 18.0 Å². The van der Waals surface area contributed by atoms with E-state index in [0.717, 1.165) is 22.4 Å². The van der Waals surface area contributed by atoms with Crippen LogP contribution in [0.4, 0.5) is 10.5 Å². The van der Waals surface area contributed by atoms with Gasteiger partial charge in [0.25, 0.3) is 0 Å². The van der Waals surface area contributed by atoms with Gasteiger partial charge >= 0.3 is 12.0 Å². The van der Waals surface area contributed by atoms with Crippen LogP contribution in [0.3, 0.4) is 0 Å². The molecule has 7 heteroatoms. The third-order valence-electron chi connectivity index (χ3n) is 6.14. The highest BCUT2D eigenvalue weighted by Gasteiger charge is 2.28. The van der Waals surface area contributed by atoms with Crippen LogP contribution in [0, 0.1) is 12.8 Å². The van der Waals surface area contributed by atoms with Gasteiger partial charge in [0.2, 0.25) is 5.91 Å². The zero-order valence-corrected chi connectivity index (χ0v) is 20.7. The molecular weight excluding hydrogens is 442 g/mol. The Kier molecular flexibility index (Phi) is 9.47. The first-order chi connectivity index (χ1) is 16.9. The molecule has 3 amide bonds. The van der Waals surface area contributed by atoms with Crippen LogP contribution >= 0.6 is 0 Å². The fourth-order valence-corrected chi connectivity index (χ4v) is 4.23. The van der Waals surface area contributed by atoms with E-state index in [0.29, 0.717) is 45.6 Å². The van der Waals surface area contributed by atoms with E-state index in [1.54, 1.807) is 17.9 Å². The van der Waals surface area contributed by atoms with Crippen LogP contribution in [0.1, 0.15) is 36.5 Å². The van der Waals surface area contributed by atoms with Crippen molar-refractivity contribution in [3.63, 3.8) is 0 Å². The number of likely N-dealkylation sites (tertiary alicyclic amines) is 1. The van der Waals surface area contributed by atoms with Crippen molar-refractivity contribution in [2.75, 3.05) is 31.1 Å². The highest BCUT2D eigenvalue weighted by Crippen LogP contribution is 2.22. The van der Waals surface area contributed by atoms with Crippen LogP contribution in [0.25, 0.3) is 0 Å². The molecule has 0 radical (unpaired) electrons. The third-order valence-corrected chi connectivity index (χ3v) is 6.14. The van der Waals surface area contributed by atoms with Crippen molar-refractivity contribution < 1.29 is 19.1 Å². The summed E-state index contributed by atoms with van der Waals surface area (Å²) in [6, 6.07) is 15.4. The standard InChI is InChI=1S/C28H35N3O4/c1-4-15-29-28(34)31(20-23-8-6-7-21(3)18-23)25-11-9-22(10-12-25)19-26(32)30-16-13-24(14-17-30)27(33)35-5-2/h4,6-12,18,24H,1,5,13-17,19-20H2,2-3H3,(H,29,34). The van der Waals surface area contributed by atoms with E-state index in [-0.39, 0.29) is 30.2 Å². The Morgan fingerprint density at radius 3 is 2.46 bits per heavy atom. The van der Waals surface area contributed by atoms with E-state index in [4.69, 9.17) is 4.74 Å². The van der Waals surface area contributed by atoms with Gasteiger partial charge in [-0.1, -0.05) is 48.0 Å². The Morgan fingerprint density at radius 2 is 1.83 bits per heavy atom. The molecule has 1 heterocycles. The van der Waals surface area contributed by atoms with Gasteiger partial charge < -0.3 is 15.0 Å². The molecule has 186 valence electrons. The second-order valence-electron chi connectivity index (χ2n) is 8.80. The minimum absolute atomic E-state index is 0.0420. The Hall–Kier alpha value is -3.61. The van der Waals surface area contributed by atoms with Gasteiger partial charge in [-0.05, 0) is 49.9 Å². The van der Waals surface area contributed by atoms with Crippen molar-refractivity contribution in [3.8, 4) is 0 Å². The fraction of sp³-hybridized carbons (Fsp3) is 0.393. The SMILES string of the molecule is C=CCNC(=O)N(Cc1cccc(C)c1)c1ccc(CC(=O)N2CCC(C(=O)OCC)CC2)cc1. The normalized spacial score (nSPS) is 13.7. The van der Waals surface area contributed by atoms with Gasteiger partial charge in [0.1, 0.15) is 0 Å². The first-order valence-corrected chi connectivity index (χ1v) is 12.2. The number of piperidine rings is 1. The van der Waals surface area contributed by atoms with E-state index in [1.165, 1.54) is 0 Å². The summed E-state index contributed by atoms with van der Waals surface area (Å²) in [6.45, 7) is 9.81. The van der Waals surface area contributed by atoms with Crippen molar-refractivity contribution in [3.05, 3.63) is 77.9 Å². The molecule has 0 aliphatic carbocycles. The Balaban J connectivity index is 1.63. The smallest absolute Gasteiger partial charge is 0.322 e. The minimum atomic E-state index is -0.209. The Bertz CT molecular complexity index is 1030. The molecule has 1 N–H and O–H groups in total. The molecule has 0 bridgehead atoms. The van der Waals surface area contributed by atoms with E-state index < -0.39 is 0 Å². The van der Waals surface area contributed by atoms with E-state index >= 15 is 0 Å². The number of rotatable bonds is 9. The number of hydrogen-bond donors (Lipinski definition) is 1. The summed E-state index contributed by atoms with van der Waals surface area (Å²) in [5, 5.41) is 2.85. The number of amides is 3. The third kappa shape index (κ3) is 7.44. The molecular formula is C28H35N3O4. The number of benzene rings is 2. The number of esters is 1. The van der Waals surface area contributed by atoms with Gasteiger partial charge in [0.05, 0.1) is 25.5 Å². The lowest BCUT2D eigenvalue weighted by atomic mass is 9.96. The molecule has 0 spiro atoms. The number of carbonyl (C=O) groups excluding carboxylic acids is 3. The summed E-state index contributed by atoms with van der Waals surface area (Å²) in [7, 11) is 0. The lowest BCUT2D eigenvalue weighted by Gasteiger charge is -2.31. The maximum Gasteiger partial charge on any atom is 0.322 e. The topological polar surface area (TPSA) is 79.0 Å². The molecule has 1 aliphatic heterocycles. The molecule has 0 aromatic heterocycles. The van der Waals surface area contributed by atoms with E-state index in [9.17, 15) is 14.4 Å². The second-order valence-corrected chi connectivity index (χ2v) is 8.80. The van der Waals surface area contributed by atoms with Crippen molar-refractivity contribution in [2.45, 2.75) is 39.7 Å². The summed E-state index contributed by atoms with van der Waals surface area (Å²) < 4.78 is 5.11. The van der Waals surface area contributed by atoms with Crippen LogP contribution in [-0.2, 0) is 27.3 Å². The zero-order chi connectivity index (χ0) is 25.2. The molecule has 2 aromatic carbocycles. The van der Waals surface area contributed by atoms with Crippen molar-refractivity contribution in [1.82, 2.24) is 10.2 Å². The summed E-state index contributed by atoms with van der Waals surface area (Å²) in [5.41, 5.74) is 3.80. The fourth-order valence-electron chi connectivity index (χ4n) is 4.23. The molecule has 1 aliphatic rings. The number of urea groups is 1. The molecule has 7 nitrogen and oxygen atoms in total. The van der Waals surface area contributed by atoms with Crippen LogP contribution in [-0.4, -0.2) is 49.0 Å². The van der Waals surface area contributed by atoms with Crippen LogP contribution < -0.4 is 10.2 Å². The molecule has 1 fully saturated rings. The first-order valence-electron chi connectivity index (χ1n) is 12.2. The summed E-state index contributed by atoms with van der Waals surface area (Å²) >= 11 is 0. The molecule has 1 saturated heterocycles. The number of nitrogens with one attached hydrogen (secondary N) is 1. The quantitative estimate of drug-likeness (QED) is 0.433. The summed E-state index contributed by atoms with van der Waals surface area (Å²) in [6.07, 6.45) is 3.20. The van der Waals surface area contributed by atoms with Crippen molar-refractivity contribution in [1.29, 1.82) is 0 Å².